The van der Waals surface area contributed by atoms with Gasteiger partial charge in [0.1, 0.15) is 5.75 Å². The SMILES string of the molecule is C#CCC(CC#C)C(=O)N[C@@H](CO)CNC(=O)c1ccc(O)c(-c2ccccc2)c1. The smallest absolute Gasteiger partial charge is 0.251 e. The summed E-state index contributed by atoms with van der Waals surface area (Å²) < 4.78 is 0. The molecule has 0 saturated heterocycles. The second-order valence-electron chi connectivity index (χ2n) is 6.71. The minimum absolute atomic E-state index is 0.0153. The number of hydrogen-bond donors (Lipinski definition) is 4. The summed E-state index contributed by atoms with van der Waals surface area (Å²) in [4.78, 5) is 24.8. The predicted octanol–water partition coefficient (Wildman–Crippen LogP) is 1.93. The van der Waals surface area contributed by atoms with Crippen molar-refractivity contribution in [3.63, 3.8) is 0 Å². The van der Waals surface area contributed by atoms with Gasteiger partial charge in [0.25, 0.3) is 5.91 Å². The van der Waals surface area contributed by atoms with E-state index >= 15 is 0 Å². The zero-order valence-corrected chi connectivity index (χ0v) is 16.5. The van der Waals surface area contributed by atoms with Crippen molar-refractivity contribution in [3.8, 4) is 41.6 Å². The van der Waals surface area contributed by atoms with Crippen LogP contribution < -0.4 is 10.6 Å². The fourth-order valence-electron chi connectivity index (χ4n) is 2.87. The van der Waals surface area contributed by atoms with Crippen molar-refractivity contribution in [1.29, 1.82) is 0 Å². The molecule has 0 fully saturated rings. The number of aliphatic hydroxyl groups excluding tert-OH is 1. The quantitative estimate of drug-likeness (QED) is 0.480. The monoisotopic (exact) mass is 404 g/mol. The molecule has 1 atom stereocenters. The van der Waals surface area contributed by atoms with Gasteiger partial charge in [-0.2, -0.15) is 0 Å². The van der Waals surface area contributed by atoms with Crippen molar-refractivity contribution in [2.75, 3.05) is 13.2 Å². The summed E-state index contributed by atoms with van der Waals surface area (Å²) in [5.41, 5.74) is 1.65. The van der Waals surface area contributed by atoms with Crippen LogP contribution in [-0.4, -0.2) is 41.2 Å². The lowest BCUT2D eigenvalue weighted by Crippen LogP contribution is -2.47. The highest BCUT2D eigenvalue weighted by atomic mass is 16.3. The molecule has 0 aromatic heterocycles. The Balaban J connectivity index is 2.03. The van der Waals surface area contributed by atoms with Crippen LogP contribution in [0.15, 0.2) is 48.5 Å². The fourth-order valence-corrected chi connectivity index (χ4v) is 2.87. The Kier molecular flexibility index (Phi) is 8.50. The van der Waals surface area contributed by atoms with Crippen molar-refractivity contribution < 1.29 is 19.8 Å². The van der Waals surface area contributed by atoms with Crippen molar-refractivity contribution in [3.05, 3.63) is 54.1 Å². The zero-order chi connectivity index (χ0) is 21.9. The average Bonchev–Trinajstić information content (AvgIpc) is 2.77. The van der Waals surface area contributed by atoms with Gasteiger partial charge in [-0.3, -0.25) is 9.59 Å². The topological polar surface area (TPSA) is 98.7 Å². The van der Waals surface area contributed by atoms with Gasteiger partial charge in [0.15, 0.2) is 0 Å². The van der Waals surface area contributed by atoms with Crippen LogP contribution in [0.1, 0.15) is 23.2 Å². The molecule has 2 amide bonds. The molecule has 0 aliphatic rings. The molecule has 0 saturated carbocycles. The van der Waals surface area contributed by atoms with E-state index in [0.717, 1.165) is 5.56 Å². The summed E-state index contributed by atoms with van der Waals surface area (Å²) in [6, 6.07) is 13.0. The molecule has 0 spiro atoms. The first kappa shape index (κ1) is 22.5. The molecule has 0 bridgehead atoms. The lowest BCUT2D eigenvalue weighted by atomic mass is 10.0. The molecule has 2 rings (SSSR count). The van der Waals surface area contributed by atoms with Gasteiger partial charge >= 0.3 is 0 Å². The number of rotatable bonds is 9. The van der Waals surface area contributed by atoms with Crippen LogP contribution >= 0.6 is 0 Å². The molecule has 4 N–H and O–H groups in total. The minimum atomic E-state index is -0.690. The largest absolute Gasteiger partial charge is 0.507 e. The second kappa shape index (κ2) is 11.3. The third kappa shape index (κ3) is 6.13. The lowest BCUT2D eigenvalue weighted by molar-refractivity contribution is -0.125. The van der Waals surface area contributed by atoms with Gasteiger partial charge in [-0.15, -0.1) is 24.7 Å². The first-order valence-corrected chi connectivity index (χ1v) is 9.45. The summed E-state index contributed by atoms with van der Waals surface area (Å²) in [6.07, 6.45) is 10.9. The molecule has 0 aliphatic carbocycles. The van der Waals surface area contributed by atoms with Gasteiger partial charge in [-0.05, 0) is 23.8 Å². The Morgan fingerprint density at radius 1 is 1.03 bits per heavy atom. The van der Waals surface area contributed by atoms with E-state index in [2.05, 4.69) is 22.5 Å². The summed E-state index contributed by atoms with van der Waals surface area (Å²) in [6.45, 7) is -0.350. The second-order valence-corrected chi connectivity index (χ2v) is 6.71. The van der Waals surface area contributed by atoms with Gasteiger partial charge in [0.2, 0.25) is 5.91 Å². The Bertz CT molecular complexity index is 941. The Morgan fingerprint density at radius 3 is 2.30 bits per heavy atom. The molecular formula is C24H24N2O4. The number of benzene rings is 2. The maximum atomic E-state index is 12.5. The molecule has 2 aromatic rings. The molecule has 6 nitrogen and oxygen atoms in total. The molecule has 2 aromatic carbocycles. The van der Waals surface area contributed by atoms with Crippen LogP contribution in [-0.2, 0) is 4.79 Å². The van der Waals surface area contributed by atoms with Crippen molar-refractivity contribution in [2.24, 2.45) is 5.92 Å². The summed E-state index contributed by atoms with van der Waals surface area (Å²) in [7, 11) is 0. The molecule has 0 radical (unpaired) electrons. The summed E-state index contributed by atoms with van der Waals surface area (Å²) in [5.74, 6) is 3.57. The number of carbonyl (C=O) groups is 2. The first-order chi connectivity index (χ1) is 14.5. The minimum Gasteiger partial charge on any atom is -0.507 e. The highest BCUT2D eigenvalue weighted by Crippen LogP contribution is 2.29. The normalized spacial score (nSPS) is 11.2. The van der Waals surface area contributed by atoms with Gasteiger partial charge in [0.05, 0.1) is 18.6 Å². The van der Waals surface area contributed by atoms with Crippen molar-refractivity contribution in [1.82, 2.24) is 10.6 Å². The highest BCUT2D eigenvalue weighted by Gasteiger charge is 2.20. The number of terminal acetylenes is 2. The molecular weight excluding hydrogens is 380 g/mol. The molecule has 0 unspecified atom stereocenters. The number of phenolic OH excluding ortho intramolecular Hbond substituents is 1. The van der Waals surface area contributed by atoms with Crippen LogP contribution in [0, 0.1) is 30.6 Å². The Hall–Kier alpha value is -3.74. The number of nitrogens with one attached hydrogen (secondary N) is 2. The van der Waals surface area contributed by atoms with E-state index in [1.54, 1.807) is 6.07 Å². The number of hydrogen-bond acceptors (Lipinski definition) is 4. The van der Waals surface area contributed by atoms with Gasteiger partial charge < -0.3 is 20.8 Å². The third-order valence-electron chi connectivity index (χ3n) is 4.52. The predicted molar refractivity (Wildman–Crippen MR) is 115 cm³/mol. The van der Waals surface area contributed by atoms with Crippen LogP contribution in [0.5, 0.6) is 5.75 Å². The van der Waals surface area contributed by atoms with E-state index in [1.165, 1.54) is 12.1 Å². The summed E-state index contributed by atoms with van der Waals surface area (Å²) >= 11 is 0. The van der Waals surface area contributed by atoms with E-state index in [0.29, 0.717) is 11.1 Å². The van der Waals surface area contributed by atoms with E-state index in [9.17, 15) is 19.8 Å². The summed E-state index contributed by atoms with van der Waals surface area (Å²) in [5, 5.41) is 25.0. The molecule has 154 valence electrons. The first-order valence-electron chi connectivity index (χ1n) is 9.45. The van der Waals surface area contributed by atoms with E-state index in [1.807, 2.05) is 30.3 Å². The third-order valence-corrected chi connectivity index (χ3v) is 4.52. The number of amides is 2. The van der Waals surface area contributed by atoms with E-state index in [4.69, 9.17) is 12.8 Å². The van der Waals surface area contributed by atoms with E-state index in [-0.39, 0.29) is 37.6 Å². The maximum absolute atomic E-state index is 12.5. The number of aliphatic hydroxyl groups is 1. The van der Waals surface area contributed by atoms with Crippen LogP contribution in [0.3, 0.4) is 0 Å². The number of phenols is 1. The van der Waals surface area contributed by atoms with Crippen LogP contribution in [0.2, 0.25) is 0 Å². The van der Waals surface area contributed by atoms with Crippen molar-refractivity contribution >= 4 is 11.8 Å². The Labute approximate surface area is 176 Å². The van der Waals surface area contributed by atoms with E-state index < -0.39 is 17.9 Å². The maximum Gasteiger partial charge on any atom is 0.251 e. The average molecular weight is 404 g/mol. The fraction of sp³-hybridized carbons (Fsp3) is 0.250. The van der Waals surface area contributed by atoms with Gasteiger partial charge in [-0.25, -0.2) is 0 Å². The molecule has 0 aliphatic heterocycles. The lowest BCUT2D eigenvalue weighted by Gasteiger charge is -2.20. The molecule has 30 heavy (non-hydrogen) atoms. The van der Waals surface area contributed by atoms with Crippen molar-refractivity contribution in [2.45, 2.75) is 18.9 Å². The standard InChI is InChI=1S/C24H24N2O4/c1-3-8-18(9-4-2)24(30)26-20(16-27)15-25-23(29)19-12-13-22(28)21(14-19)17-10-6-5-7-11-17/h1-2,5-7,10-14,18,20,27-28H,8-9,15-16H2,(H,25,29)(H,26,30)/t20-/m1/s1. The van der Waals surface area contributed by atoms with Crippen LogP contribution in [0.25, 0.3) is 11.1 Å². The van der Waals surface area contributed by atoms with Gasteiger partial charge in [0, 0.05) is 30.5 Å². The Morgan fingerprint density at radius 2 is 1.70 bits per heavy atom. The molecule has 0 heterocycles. The van der Waals surface area contributed by atoms with Crippen LogP contribution in [0.4, 0.5) is 0 Å². The van der Waals surface area contributed by atoms with Gasteiger partial charge in [-0.1, -0.05) is 30.3 Å². The zero-order valence-electron chi connectivity index (χ0n) is 16.5. The number of carbonyl (C=O) groups excluding carboxylic acids is 2. The molecule has 6 heteroatoms. The number of aromatic hydroxyl groups is 1. The highest BCUT2D eigenvalue weighted by molar-refractivity contribution is 5.96.